The van der Waals surface area contributed by atoms with Gasteiger partial charge >= 0.3 is 0 Å². The van der Waals surface area contributed by atoms with E-state index in [4.69, 9.17) is 4.52 Å². The highest BCUT2D eigenvalue weighted by atomic mass is 79.9. The van der Waals surface area contributed by atoms with Crippen molar-refractivity contribution in [2.75, 3.05) is 0 Å². The number of hydrogen-bond donors (Lipinski definition) is 0. The van der Waals surface area contributed by atoms with Crippen molar-refractivity contribution in [3.63, 3.8) is 0 Å². The van der Waals surface area contributed by atoms with Crippen LogP contribution < -0.4 is 0 Å². The van der Waals surface area contributed by atoms with E-state index in [0.717, 1.165) is 13.1 Å². The highest BCUT2D eigenvalue weighted by Crippen LogP contribution is 2.37. The van der Waals surface area contributed by atoms with E-state index >= 15 is 0 Å². The molecule has 68 valence electrons. The summed E-state index contributed by atoms with van der Waals surface area (Å²) >= 11 is 11.4. The first kappa shape index (κ1) is 9.82. The van der Waals surface area contributed by atoms with Crippen molar-refractivity contribution < 1.29 is 4.52 Å². The van der Waals surface area contributed by atoms with Gasteiger partial charge in [-0.05, 0) is 59.0 Å². The minimum Gasteiger partial charge on any atom is -0.332 e. The fraction of sp³-hybridized carbons (Fsp3) is 0. The van der Waals surface area contributed by atoms with Crippen LogP contribution in [0.3, 0.4) is 0 Å². The van der Waals surface area contributed by atoms with Crippen LogP contribution in [0.5, 0.6) is 0 Å². The maximum absolute atomic E-state index is 4.98. The second-order valence-electron chi connectivity index (χ2n) is 2.10. The van der Waals surface area contributed by atoms with Gasteiger partial charge in [-0.2, -0.15) is 4.98 Å². The Morgan fingerprint density at radius 3 is 2.54 bits per heavy atom. The molecule has 0 radical (unpaired) electrons. The predicted molar refractivity (Wildman–Crippen MR) is 60.7 cm³/mol. The Labute approximate surface area is 103 Å². The monoisotopic (exact) mass is 386 g/mol. The first-order valence-electron chi connectivity index (χ1n) is 3.11. The first-order valence-corrected chi connectivity index (χ1v) is 6.31. The van der Waals surface area contributed by atoms with E-state index in [1.54, 1.807) is 0 Å². The van der Waals surface area contributed by atoms with E-state index in [1.165, 1.54) is 11.3 Å². The Bertz CT molecular complexity index is 419. The molecule has 7 heteroatoms. The number of halogens is 3. The molecule has 2 rings (SSSR count). The van der Waals surface area contributed by atoms with E-state index < -0.39 is 0 Å². The second kappa shape index (κ2) is 3.80. The Morgan fingerprint density at radius 2 is 2.08 bits per heavy atom. The van der Waals surface area contributed by atoms with Gasteiger partial charge in [0.15, 0.2) is 0 Å². The van der Waals surface area contributed by atoms with Crippen LogP contribution in [0.2, 0.25) is 0 Å². The summed E-state index contributed by atoms with van der Waals surface area (Å²) in [4.78, 5) is 4.97. The molecule has 0 aliphatic carbocycles. The number of thiophene rings is 1. The molecule has 0 aliphatic rings. The summed E-state index contributed by atoms with van der Waals surface area (Å²) in [5.74, 6) is 0.517. The largest absolute Gasteiger partial charge is 0.332 e. The lowest BCUT2D eigenvalue weighted by Crippen LogP contribution is -1.68. The molecule has 0 bridgehead atoms. The van der Waals surface area contributed by atoms with Gasteiger partial charge in [0.05, 0.1) is 8.66 Å². The minimum absolute atomic E-state index is 0.461. The summed E-state index contributed by atoms with van der Waals surface area (Å²) in [7, 11) is 0. The van der Waals surface area contributed by atoms with E-state index in [2.05, 4.69) is 57.9 Å². The minimum atomic E-state index is 0.461. The summed E-state index contributed by atoms with van der Waals surface area (Å²) in [6.07, 6.45) is 0. The van der Waals surface area contributed by atoms with E-state index in [0.29, 0.717) is 10.6 Å². The third-order valence-electron chi connectivity index (χ3n) is 1.26. The van der Waals surface area contributed by atoms with Crippen molar-refractivity contribution in [1.82, 2.24) is 10.1 Å². The van der Waals surface area contributed by atoms with Crippen molar-refractivity contribution in [1.29, 1.82) is 0 Å². The third kappa shape index (κ3) is 2.03. The van der Waals surface area contributed by atoms with Crippen molar-refractivity contribution in [2.24, 2.45) is 0 Å². The van der Waals surface area contributed by atoms with Crippen molar-refractivity contribution in [3.8, 4) is 10.8 Å². The molecule has 0 spiro atoms. The Morgan fingerprint density at radius 1 is 1.31 bits per heavy atom. The van der Waals surface area contributed by atoms with Gasteiger partial charge in [0.1, 0.15) is 0 Å². The molecule has 0 N–H and O–H groups in total. The van der Waals surface area contributed by atoms with Crippen LogP contribution in [0, 0.1) is 0 Å². The lowest BCUT2D eigenvalue weighted by molar-refractivity contribution is 0.427. The maximum atomic E-state index is 4.98. The zero-order valence-electron chi connectivity index (χ0n) is 5.92. The molecule has 0 unspecified atom stereocenters. The first-order chi connectivity index (χ1) is 6.16. The summed E-state index contributed by atoms with van der Waals surface area (Å²) in [6, 6.07) is 1.93. The van der Waals surface area contributed by atoms with Gasteiger partial charge in [-0.25, -0.2) is 0 Å². The van der Waals surface area contributed by atoms with Crippen LogP contribution in [0.1, 0.15) is 0 Å². The molecular formula is C6HBr3N2OS. The molecule has 2 aromatic rings. The Balaban J connectivity index is 2.46. The average Bonchev–Trinajstić information content (AvgIpc) is 2.61. The quantitative estimate of drug-likeness (QED) is 0.738. The molecule has 0 saturated heterocycles. The number of aromatic nitrogens is 2. The molecule has 2 heterocycles. The highest BCUT2D eigenvalue weighted by Gasteiger charge is 2.12. The number of hydrogen-bond acceptors (Lipinski definition) is 4. The fourth-order valence-corrected chi connectivity index (χ4v) is 2.95. The summed E-state index contributed by atoms with van der Waals surface area (Å²) in [6.45, 7) is 0. The SMILES string of the molecule is Brc1noc(-c2cc(Br)c(Br)s2)n1. The third-order valence-corrected chi connectivity index (χ3v) is 4.82. The molecule has 0 aliphatic heterocycles. The molecule has 0 atom stereocenters. The Hall–Kier alpha value is 0.280. The lowest BCUT2D eigenvalue weighted by Gasteiger charge is -1.81. The number of rotatable bonds is 1. The summed E-state index contributed by atoms with van der Waals surface area (Å²) in [5.41, 5.74) is 0. The van der Waals surface area contributed by atoms with Crippen LogP contribution >= 0.6 is 59.1 Å². The van der Waals surface area contributed by atoms with E-state index in [1.807, 2.05) is 6.07 Å². The molecule has 0 aromatic carbocycles. The van der Waals surface area contributed by atoms with Crippen molar-refractivity contribution in [3.05, 3.63) is 19.1 Å². The van der Waals surface area contributed by atoms with Gasteiger partial charge in [0.25, 0.3) is 5.89 Å². The van der Waals surface area contributed by atoms with Gasteiger partial charge < -0.3 is 4.52 Å². The summed E-state index contributed by atoms with van der Waals surface area (Å²) < 4.78 is 7.44. The van der Waals surface area contributed by atoms with Crippen molar-refractivity contribution >= 4 is 59.1 Å². The van der Waals surface area contributed by atoms with Crippen LogP contribution in [0.25, 0.3) is 10.8 Å². The lowest BCUT2D eigenvalue weighted by atomic mass is 10.5. The van der Waals surface area contributed by atoms with Crippen LogP contribution in [0.15, 0.2) is 23.6 Å². The topological polar surface area (TPSA) is 38.9 Å². The van der Waals surface area contributed by atoms with Crippen molar-refractivity contribution in [2.45, 2.75) is 0 Å². The van der Waals surface area contributed by atoms with Gasteiger partial charge in [-0.15, -0.1) is 11.3 Å². The van der Waals surface area contributed by atoms with Gasteiger partial charge in [-0.1, -0.05) is 0 Å². The average molecular weight is 389 g/mol. The normalized spacial score (nSPS) is 10.7. The van der Waals surface area contributed by atoms with E-state index in [-0.39, 0.29) is 0 Å². The van der Waals surface area contributed by atoms with Crippen LogP contribution in [-0.2, 0) is 0 Å². The Kier molecular flexibility index (Phi) is 2.87. The second-order valence-corrected chi connectivity index (χ2v) is 6.03. The van der Waals surface area contributed by atoms with Crippen LogP contribution in [-0.4, -0.2) is 10.1 Å². The molecule has 13 heavy (non-hydrogen) atoms. The zero-order chi connectivity index (χ0) is 9.42. The zero-order valence-corrected chi connectivity index (χ0v) is 11.5. The van der Waals surface area contributed by atoms with Crippen LogP contribution in [0.4, 0.5) is 0 Å². The summed E-state index contributed by atoms with van der Waals surface area (Å²) in [5, 5.41) is 3.64. The fourth-order valence-electron chi connectivity index (χ4n) is 0.758. The van der Waals surface area contributed by atoms with E-state index in [9.17, 15) is 0 Å². The molecular weight excluding hydrogens is 388 g/mol. The smallest absolute Gasteiger partial charge is 0.268 e. The molecule has 0 fully saturated rings. The molecule has 3 nitrogen and oxygen atoms in total. The molecule has 2 aromatic heterocycles. The van der Waals surface area contributed by atoms with Gasteiger partial charge in [-0.3, -0.25) is 0 Å². The number of nitrogens with zero attached hydrogens (tertiary/aromatic N) is 2. The molecule has 0 amide bonds. The standard InChI is InChI=1S/C6HBr3N2OS/c7-2-1-3(13-4(2)8)5-10-6(9)11-12-5/h1H. The predicted octanol–water partition coefficient (Wildman–Crippen LogP) is 4.09. The maximum Gasteiger partial charge on any atom is 0.268 e. The van der Waals surface area contributed by atoms with Gasteiger partial charge in [0, 0.05) is 4.47 Å². The highest BCUT2D eigenvalue weighted by molar-refractivity contribution is 9.13. The molecule has 0 saturated carbocycles. The van der Waals surface area contributed by atoms with Gasteiger partial charge in [0.2, 0.25) is 4.73 Å².